The van der Waals surface area contributed by atoms with Crippen molar-refractivity contribution in [2.24, 2.45) is 0 Å². The summed E-state index contributed by atoms with van der Waals surface area (Å²) in [7, 11) is 1.55. The lowest BCUT2D eigenvalue weighted by Gasteiger charge is -2.15. The summed E-state index contributed by atoms with van der Waals surface area (Å²) in [6, 6.07) is 5.13. The number of hydrogen-bond donors (Lipinski definition) is 1. The van der Waals surface area contributed by atoms with Crippen LogP contribution in [0.4, 0.5) is 5.82 Å². The van der Waals surface area contributed by atoms with Crippen molar-refractivity contribution in [3.63, 3.8) is 0 Å². The first kappa shape index (κ1) is 18.2. The Bertz CT molecular complexity index is 920. The molecule has 3 rings (SSSR count). The van der Waals surface area contributed by atoms with Crippen molar-refractivity contribution in [3.05, 3.63) is 42.2 Å². The second-order valence-corrected chi connectivity index (χ2v) is 5.87. The van der Waals surface area contributed by atoms with Crippen molar-refractivity contribution >= 4 is 17.6 Å². The van der Waals surface area contributed by atoms with Crippen molar-refractivity contribution in [1.82, 2.24) is 25.2 Å². The molecule has 140 valence electrons. The van der Waals surface area contributed by atoms with Gasteiger partial charge < -0.3 is 19.3 Å². The third-order valence-electron chi connectivity index (χ3n) is 3.66. The molecule has 1 N–H and O–H groups in total. The standard InChI is InChI=1S/C17H18N6O4/c1-11-9-13(21-26-11)19-14(24)10-23(2)16(25)4-3-15-20-17(22-27-15)12-5-7-18-8-6-12/h5-9H,3-4,10H2,1-2H3,(H,19,21,24). The predicted molar refractivity (Wildman–Crippen MR) is 93.4 cm³/mol. The average Bonchev–Trinajstić information content (AvgIpc) is 3.29. The Kier molecular flexibility index (Phi) is 5.55. The molecule has 2 amide bonds. The molecular weight excluding hydrogens is 352 g/mol. The zero-order valence-corrected chi connectivity index (χ0v) is 14.9. The lowest BCUT2D eigenvalue weighted by Crippen LogP contribution is -2.35. The zero-order valence-electron chi connectivity index (χ0n) is 14.9. The number of rotatable bonds is 7. The minimum atomic E-state index is -0.364. The molecule has 0 radical (unpaired) electrons. The van der Waals surface area contributed by atoms with Gasteiger partial charge in [0.25, 0.3) is 0 Å². The van der Waals surface area contributed by atoms with Gasteiger partial charge in [-0.25, -0.2) is 0 Å². The van der Waals surface area contributed by atoms with Gasteiger partial charge in [0.2, 0.25) is 23.5 Å². The highest BCUT2D eigenvalue weighted by molar-refractivity contribution is 5.93. The van der Waals surface area contributed by atoms with Gasteiger partial charge in [0.1, 0.15) is 5.76 Å². The number of aryl methyl sites for hydroxylation is 2. The molecule has 0 fully saturated rings. The molecule has 3 aromatic heterocycles. The van der Waals surface area contributed by atoms with E-state index in [1.54, 1.807) is 44.6 Å². The maximum Gasteiger partial charge on any atom is 0.245 e. The van der Waals surface area contributed by atoms with Crippen LogP contribution in [-0.4, -0.2) is 50.6 Å². The molecule has 0 bridgehead atoms. The van der Waals surface area contributed by atoms with Crippen LogP contribution in [0.15, 0.2) is 39.6 Å². The summed E-state index contributed by atoms with van der Waals surface area (Å²) in [6.07, 6.45) is 3.70. The van der Waals surface area contributed by atoms with Gasteiger partial charge >= 0.3 is 0 Å². The first-order valence-corrected chi connectivity index (χ1v) is 8.21. The van der Waals surface area contributed by atoms with E-state index in [2.05, 4.69) is 25.6 Å². The van der Waals surface area contributed by atoms with Crippen molar-refractivity contribution in [3.8, 4) is 11.4 Å². The van der Waals surface area contributed by atoms with Crippen LogP contribution in [0.3, 0.4) is 0 Å². The molecule has 0 aliphatic heterocycles. The third-order valence-corrected chi connectivity index (χ3v) is 3.66. The van der Waals surface area contributed by atoms with E-state index in [0.717, 1.165) is 5.56 Å². The molecular formula is C17H18N6O4. The minimum absolute atomic E-state index is 0.100. The maximum absolute atomic E-state index is 12.2. The van der Waals surface area contributed by atoms with Crippen LogP contribution in [0.25, 0.3) is 11.4 Å². The van der Waals surface area contributed by atoms with E-state index in [9.17, 15) is 9.59 Å². The van der Waals surface area contributed by atoms with Crippen LogP contribution in [0.2, 0.25) is 0 Å². The van der Waals surface area contributed by atoms with Gasteiger partial charge in [0, 0.05) is 43.9 Å². The SMILES string of the molecule is Cc1cc(NC(=O)CN(C)C(=O)CCc2nc(-c3ccncc3)no2)no1. The first-order chi connectivity index (χ1) is 13.0. The fraction of sp³-hybridized carbons (Fsp3) is 0.294. The predicted octanol–water partition coefficient (Wildman–Crippen LogP) is 1.46. The summed E-state index contributed by atoms with van der Waals surface area (Å²) in [5, 5.41) is 10.1. The largest absolute Gasteiger partial charge is 0.360 e. The number of likely N-dealkylation sites (N-methyl/N-ethyl adjacent to an activating group) is 1. The Morgan fingerprint density at radius 1 is 1.19 bits per heavy atom. The normalized spacial score (nSPS) is 10.6. The summed E-state index contributed by atoms with van der Waals surface area (Å²) in [5.41, 5.74) is 0.781. The maximum atomic E-state index is 12.2. The van der Waals surface area contributed by atoms with Gasteiger partial charge in [0.15, 0.2) is 5.82 Å². The molecule has 0 aromatic carbocycles. The Hall–Kier alpha value is -3.56. The van der Waals surface area contributed by atoms with Crippen LogP contribution in [0.1, 0.15) is 18.1 Å². The summed E-state index contributed by atoms with van der Waals surface area (Å²) in [6.45, 7) is 1.62. The summed E-state index contributed by atoms with van der Waals surface area (Å²) in [4.78, 5) is 33.6. The fourth-order valence-corrected chi connectivity index (χ4v) is 2.29. The monoisotopic (exact) mass is 370 g/mol. The number of amides is 2. The van der Waals surface area contributed by atoms with Gasteiger partial charge in [-0.05, 0) is 19.1 Å². The lowest BCUT2D eigenvalue weighted by molar-refractivity contribution is -0.133. The number of aromatic nitrogens is 4. The number of carbonyl (C=O) groups excluding carboxylic acids is 2. The first-order valence-electron chi connectivity index (χ1n) is 8.21. The zero-order chi connectivity index (χ0) is 19.2. The third kappa shape index (κ3) is 4.97. The molecule has 0 aliphatic carbocycles. The van der Waals surface area contributed by atoms with E-state index in [1.165, 1.54) is 4.90 Å². The molecule has 10 heteroatoms. The molecule has 27 heavy (non-hydrogen) atoms. The van der Waals surface area contributed by atoms with Crippen LogP contribution in [0.5, 0.6) is 0 Å². The molecule has 10 nitrogen and oxygen atoms in total. The number of anilines is 1. The van der Waals surface area contributed by atoms with Crippen molar-refractivity contribution in [1.29, 1.82) is 0 Å². The van der Waals surface area contributed by atoms with Crippen LogP contribution in [0, 0.1) is 6.92 Å². The quantitative estimate of drug-likeness (QED) is 0.662. The smallest absolute Gasteiger partial charge is 0.245 e. The Balaban J connectivity index is 1.47. The summed E-state index contributed by atoms with van der Waals surface area (Å²) in [5.74, 6) is 1.11. The second kappa shape index (κ2) is 8.21. The molecule has 0 saturated heterocycles. The highest BCUT2D eigenvalue weighted by Crippen LogP contribution is 2.15. The minimum Gasteiger partial charge on any atom is -0.360 e. The second-order valence-electron chi connectivity index (χ2n) is 5.87. The van der Waals surface area contributed by atoms with Crippen LogP contribution >= 0.6 is 0 Å². The number of carbonyl (C=O) groups is 2. The number of nitrogens with zero attached hydrogens (tertiary/aromatic N) is 5. The van der Waals surface area contributed by atoms with Crippen LogP contribution in [-0.2, 0) is 16.0 Å². The Labute approximate surface area is 154 Å². The van der Waals surface area contributed by atoms with Crippen LogP contribution < -0.4 is 5.32 Å². The van der Waals surface area contributed by atoms with Crippen molar-refractivity contribution < 1.29 is 18.6 Å². The van der Waals surface area contributed by atoms with Gasteiger partial charge in [-0.15, -0.1) is 0 Å². The van der Waals surface area contributed by atoms with E-state index >= 15 is 0 Å². The van der Waals surface area contributed by atoms with Crippen molar-refractivity contribution in [2.45, 2.75) is 19.8 Å². The lowest BCUT2D eigenvalue weighted by atomic mass is 10.2. The Morgan fingerprint density at radius 3 is 2.67 bits per heavy atom. The Morgan fingerprint density at radius 2 is 1.96 bits per heavy atom. The molecule has 0 atom stereocenters. The molecule has 0 saturated carbocycles. The van der Waals surface area contributed by atoms with E-state index < -0.39 is 0 Å². The molecule has 3 heterocycles. The van der Waals surface area contributed by atoms with Gasteiger partial charge in [0.05, 0.1) is 6.54 Å². The van der Waals surface area contributed by atoms with Crippen molar-refractivity contribution in [2.75, 3.05) is 18.9 Å². The summed E-state index contributed by atoms with van der Waals surface area (Å²) >= 11 is 0. The van der Waals surface area contributed by atoms with Gasteiger partial charge in [-0.3, -0.25) is 14.6 Å². The van der Waals surface area contributed by atoms with E-state index in [0.29, 0.717) is 23.3 Å². The van der Waals surface area contributed by atoms with E-state index in [4.69, 9.17) is 9.05 Å². The van der Waals surface area contributed by atoms with E-state index in [1.807, 2.05) is 0 Å². The summed E-state index contributed by atoms with van der Waals surface area (Å²) < 4.78 is 10.0. The fourth-order valence-electron chi connectivity index (χ4n) is 2.29. The number of nitrogens with one attached hydrogen (secondary N) is 1. The van der Waals surface area contributed by atoms with Gasteiger partial charge in [-0.1, -0.05) is 10.3 Å². The highest BCUT2D eigenvalue weighted by Gasteiger charge is 2.16. The molecule has 0 unspecified atom stereocenters. The topological polar surface area (TPSA) is 127 Å². The van der Waals surface area contributed by atoms with Gasteiger partial charge in [-0.2, -0.15) is 4.98 Å². The molecule has 0 spiro atoms. The molecule has 3 aromatic rings. The molecule has 0 aliphatic rings. The highest BCUT2D eigenvalue weighted by atomic mass is 16.5. The average molecular weight is 370 g/mol. The van der Waals surface area contributed by atoms with E-state index in [-0.39, 0.29) is 31.2 Å². The number of pyridine rings is 1. The number of hydrogen-bond acceptors (Lipinski definition) is 8.